The van der Waals surface area contributed by atoms with Crippen molar-refractivity contribution in [2.24, 2.45) is 5.73 Å². The third-order valence-electron chi connectivity index (χ3n) is 3.22. The van der Waals surface area contributed by atoms with Gasteiger partial charge in [0.1, 0.15) is 6.04 Å². The molecule has 3 rings (SSSR count). The molecule has 19 heavy (non-hydrogen) atoms. The summed E-state index contributed by atoms with van der Waals surface area (Å²) >= 11 is 1.48. The largest absolute Gasteiger partial charge is 0.390 e. The average Bonchev–Trinajstić information content (AvgIpc) is 2.98. The number of rotatable bonds is 3. The number of aliphatic hydroxyl groups is 1. The fraction of sp³-hybridized carbons (Fsp3) is 0.455. The van der Waals surface area contributed by atoms with E-state index in [9.17, 15) is 9.90 Å². The van der Waals surface area contributed by atoms with Gasteiger partial charge in [-0.25, -0.2) is 4.98 Å². The van der Waals surface area contributed by atoms with Crippen LogP contribution in [0.1, 0.15) is 5.69 Å². The Hall–Kier alpha value is -1.64. The van der Waals surface area contributed by atoms with Crippen LogP contribution in [0.2, 0.25) is 0 Å². The van der Waals surface area contributed by atoms with Gasteiger partial charge in [0.25, 0.3) is 0 Å². The van der Waals surface area contributed by atoms with E-state index in [4.69, 9.17) is 10.5 Å². The van der Waals surface area contributed by atoms with Crippen LogP contribution in [0.3, 0.4) is 0 Å². The van der Waals surface area contributed by atoms with Crippen LogP contribution in [0, 0.1) is 0 Å². The van der Waals surface area contributed by atoms with E-state index in [2.05, 4.69) is 4.98 Å². The number of hydrogen-bond donors (Lipinski definition) is 2. The van der Waals surface area contributed by atoms with Crippen molar-refractivity contribution >= 4 is 28.0 Å². The van der Waals surface area contributed by atoms with E-state index in [0.717, 1.165) is 4.96 Å². The first-order valence-corrected chi connectivity index (χ1v) is 6.79. The fourth-order valence-electron chi connectivity index (χ4n) is 2.29. The van der Waals surface area contributed by atoms with Gasteiger partial charge in [0, 0.05) is 18.1 Å². The van der Waals surface area contributed by atoms with Crippen molar-refractivity contribution < 1.29 is 14.6 Å². The van der Waals surface area contributed by atoms with E-state index in [0.29, 0.717) is 24.7 Å². The van der Waals surface area contributed by atoms with Crippen LogP contribution in [-0.2, 0) is 16.1 Å². The molecule has 3 heterocycles. The Bertz CT molecular complexity index is 608. The predicted octanol–water partition coefficient (Wildman–Crippen LogP) is -0.421. The predicted molar refractivity (Wildman–Crippen MR) is 70.1 cm³/mol. The molecule has 1 aliphatic rings. The number of hydrogen-bond acceptors (Lipinski definition) is 6. The normalized spacial score (nSPS) is 20.1. The monoisotopic (exact) mass is 282 g/mol. The maximum absolute atomic E-state index is 11.5. The summed E-state index contributed by atoms with van der Waals surface area (Å²) in [5.74, 6) is 0.168. The molecule has 7 nitrogen and oxygen atoms in total. The topological polar surface area (TPSA) is 93.1 Å². The van der Waals surface area contributed by atoms with Crippen molar-refractivity contribution in [2.45, 2.75) is 12.6 Å². The minimum atomic E-state index is -0.538. The number of anilines is 1. The lowest BCUT2D eigenvalue weighted by molar-refractivity contribution is -0.121. The molecule has 0 radical (unpaired) electrons. The molecule has 1 atom stereocenters. The van der Waals surface area contributed by atoms with Gasteiger partial charge < -0.3 is 20.5 Å². The molecule has 2 aromatic rings. The molecular formula is C11H14N4O3S. The van der Waals surface area contributed by atoms with Crippen LogP contribution in [0.25, 0.3) is 4.96 Å². The van der Waals surface area contributed by atoms with Crippen molar-refractivity contribution in [2.75, 3.05) is 24.7 Å². The van der Waals surface area contributed by atoms with Crippen molar-refractivity contribution in [3.63, 3.8) is 0 Å². The molecule has 1 fully saturated rings. The summed E-state index contributed by atoms with van der Waals surface area (Å²) in [5.41, 5.74) is 6.07. The van der Waals surface area contributed by atoms with E-state index < -0.39 is 11.9 Å². The number of imidazole rings is 1. The highest BCUT2D eigenvalue weighted by atomic mass is 32.1. The third-order valence-corrected chi connectivity index (χ3v) is 3.98. The second-order valence-electron chi connectivity index (χ2n) is 4.28. The Labute approximate surface area is 113 Å². The standard InChI is InChI=1S/C11H14N4O3S/c12-9(17)8-6-18-3-1-14(8)10-7(5-16)15-2-4-19-11(15)13-10/h2,4,8,16H,1,3,5-6H2,(H2,12,17). The van der Waals surface area contributed by atoms with Gasteiger partial charge in [-0.05, 0) is 0 Å². The van der Waals surface area contributed by atoms with Crippen molar-refractivity contribution in [3.8, 4) is 0 Å². The number of carbonyl (C=O) groups is 1. The zero-order valence-corrected chi connectivity index (χ0v) is 11.0. The molecule has 0 bridgehead atoms. The summed E-state index contributed by atoms with van der Waals surface area (Å²) in [6.07, 6.45) is 1.85. The van der Waals surface area contributed by atoms with Gasteiger partial charge >= 0.3 is 0 Å². The number of morpholine rings is 1. The van der Waals surface area contributed by atoms with Crippen molar-refractivity contribution in [1.82, 2.24) is 9.38 Å². The molecule has 102 valence electrons. The molecule has 0 saturated carbocycles. The molecule has 1 saturated heterocycles. The van der Waals surface area contributed by atoms with Crippen LogP contribution in [0.5, 0.6) is 0 Å². The maximum Gasteiger partial charge on any atom is 0.242 e. The van der Waals surface area contributed by atoms with Gasteiger partial charge in [0.2, 0.25) is 5.91 Å². The van der Waals surface area contributed by atoms with Crippen molar-refractivity contribution in [1.29, 1.82) is 0 Å². The summed E-state index contributed by atoms with van der Waals surface area (Å²) in [4.78, 5) is 18.6. The number of primary amides is 1. The summed E-state index contributed by atoms with van der Waals surface area (Å²) in [6.45, 7) is 1.16. The first kappa shape index (κ1) is 12.4. The fourth-order valence-corrected chi connectivity index (χ4v) is 3.02. The van der Waals surface area contributed by atoms with Gasteiger partial charge in [0.05, 0.1) is 25.5 Å². The highest BCUT2D eigenvalue weighted by Crippen LogP contribution is 2.27. The van der Waals surface area contributed by atoms with E-state index in [-0.39, 0.29) is 13.2 Å². The Morgan fingerprint density at radius 3 is 3.26 bits per heavy atom. The zero-order chi connectivity index (χ0) is 13.4. The first-order valence-electron chi connectivity index (χ1n) is 5.91. The van der Waals surface area contributed by atoms with Gasteiger partial charge in [-0.15, -0.1) is 11.3 Å². The molecule has 0 aromatic carbocycles. The Morgan fingerprint density at radius 2 is 2.53 bits per heavy atom. The van der Waals surface area contributed by atoms with Gasteiger partial charge in [-0.2, -0.15) is 0 Å². The summed E-state index contributed by atoms with van der Waals surface area (Å²) in [5, 5.41) is 11.4. The lowest BCUT2D eigenvalue weighted by atomic mass is 10.2. The molecule has 3 N–H and O–H groups in total. The lowest BCUT2D eigenvalue weighted by Crippen LogP contribution is -2.53. The number of aliphatic hydroxyl groups excluding tert-OH is 1. The minimum Gasteiger partial charge on any atom is -0.390 e. The number of carbonyl (C=O) groups excluding carboxylic acids is 1. The summed E-state index contributed by atoms with van der Waals surface area (Å²) in [7, 11) is 0. The minimum absolute atomic E-state index is 0.143. The van der Waals surface area contributed by atoms with Crippen LogP contribution in [0.15, 0.2) is 11.6 Å². The molecule has 2 aromatic heterocycles. The SMILES string of the molecule is NC(=O)C1COCCN1c1nc2sccn2c1CO. The van der Waals surface area contributed by atoms with Crippen LogP contribution >= 0.6 is 11.3 Å². The first-order chi connectivity index (χ1) is 9.22. The maximum atomic E-state index is 11.5. The summed E-state index contributed by atoms with van der Waals surface area (Å²) < 4.78 is 7.11. The number of amides is 1. The Balaban J connectivity index is 2.06. The second kappa shape index (κ2) is 4.80. The van der Waals surface area contributed by atoms with Gasteiger partial charge in [-0.1, -0.05) is 0 Å². The van der Waals surface area contributed by atoms with Crippen LogP contribution in [-0.4, -0.2) is 46.2 Å². The molecule has 0 spiro atoms. The highest BCUT2D eigenvalue weighted by molar-refractivity contribution is 7.15. The lowest BCUT2D eigenvalue weighted by Gasteiger charge is -2.34. The highest BCUT2D eigenvalue weighted by Gasteiger charge is 2.31. The summed E-state index contributed by atoms with van der Waals surface area (Å²) in [6, 6.07) is -0.538. The Kier molecular flexibility index (Phi) is 3.13. The van der Waals surface area contributed by atoms with Crippen LogP contribution < -0.4 is 10.6 Å². The smallest absolute Gasteiger partial charge is 0.242 e. The van der Waals surface area contributed by atoms with E-state index >= 15 is 0 Å². The molecule has 1 amide bonds. The van der Waals surface area contributed by atoms with Crippen LogP contribution in [0.4, 0.5) is 5.82 Å². The third kappa shape index (κ3) is 1.97. The number of nitrogens with zero attached hydrogens (tertiary/aromatic N) is 3. The number of fused-ring (bicyclic) bond motifs is 1. The van der Waals surface area contributed by atoms with E-state index in [1.54, 1.807) is 0 Å². The molecule has 1 aliphatic heterocycles. The number of aromatic nitrogens is 2. The number of ether oxygens (including phenoxy) is 1. The van der Waals surface area contributed by atoms with Gasteiger partial charge in [0.15, 0.2) is 10.8 Å². The molecule has 8 heteroatoms. The van der Waals surface area contributed by atoms with Crippen molar-refractivity contribution in [3.05, 3.63) is 17.3 Å². The average molecular weight is 282 g/mol. The number of nitrogens with two attached hydrogens (primary N) is 1. The van der Waals surface area contributed by atoms with E-state index in [1.807, 2.05) is 20.9 Å². The zero-order valence-electron chi connectivity index (χ0n) is 10.2. The second-order valence-corrected chi connectivity index (χ2v) is 5.16. The molecule has 1 unspecified atom stereocenters. The molecular weight excluding hydrogens is 268 g/mol. The molecule has 0 aliphatic carbocycles. The van der Waals surface area contributed by atoms with E-state index in [1.165, 1.54) is 11.3 Å². The number of thiazole rings is 1. The van der Waals surface area contributed by atoms with Gasteiger partial charge in [-0.3, -0.25) is 9.20 Å². The Morgan fingerprint density at radius 1 is 1.68 bits per heavy atom. The quantitative estimate of drug-likeness (QED) is 0.797.